The maximum absolute atomic E-state index is 12.6. The summed E-state index contributed by atoms with van der Waals surface area (Å²) in [5.74, 6) is 0.738. The Morgan fingerprint density at radius 1 is 0.938 bits per heavy atom. The SMILES string of the molecule is CCOc1cc(OC)c(C(=O)NCCOCCOCCCC(=O)OC(C)(C)C)c(OC)c1. The van der Waals surface area contributed by atoms with Crippen LogP contribution in [0, 0.1) is 0 Å². The lowest BCUT2D eigenvalue weighted by atomic mass is 10.1. The third-order valence-electron chi connectivity index (χ3n) is 4.01. The molecule has 0 saturated carbocycles. The van der Waals surface area contributed by atoms with Crippen LogP contribution >= 0.6 is 0 Å². The van der Waals surface area contributed by atoms with Gasteiger partial charge in [-0.2, -0.15) is 0 Å². The molecule has 0 bridgehead atoms. The summed E-state index contributed by atoms with van der Waals surface area (Å²) in [4.78, 5) is 24.2. The quantitative estimate of drug-likeness (QED) is 0.318. The number of hydrogen-bond donors (Lipinski definition) is 1. The lowest BCUT2D eigenvalue weighted by Gasteiger charge is -2.19. The first kappa shape index (κ1) is 27.5. The number of methoxy groups -OCH3 is 2. The van der Waals surface area contributed by atoms with Crippen LogP contribution in [-0.2, 0) is 19.0 Å². The van der Waals surface area contributed by atoms with Gasteiger partial charge in [-0.15, -0.1) is 0 Å². The van der Waals surface area contributed by atoms with E-state index in [1.165, 1.54) is 14.2 Å². The van der Waals surface area contributed by atoms with Crippen LogP contribution in [-0.4, -0.2) is 71.3 Å². The molecule has 0 aliphatic carbocycles. The molecule has 0 fully saturated rings. The average molecular weight is 456 g/mol. The predicted octanol–water partition coefficient (Wildman–Crippen LogP) is 2.99. The molecule has 0 radical (unpaired) electrons. The lowest BCUT2D eigenvalue weighted by molar-refractivity contribution is -0.155. The molecule has 1 amide bonds. The number of amides is 1. The summed E-state index contributed by atoms with van der Waals surface area (Å²) in [6, 6.07) is 3.30. The van der Waals surface area contributed by atoms with Gasteiger partial charge in [-0.3, -0.25) is 9.59 Å². The number of carbonyl (C=O) groups excluding carboxylic acids is 2. The first-order valence-corrected chi connectivity index (χ1v) is 10.8. The van der Waals surface area contributed by atoms with Crippen molar-refractivity contribution in [2.75, 3.05) is 53.8 Å². The highest BCUT2D eigenvalue weighted by atomic mass is 16.6. The molecule has 9 heteroatoms. The Bertz CT molecular complexity index is 689. The second kappa shape index (κ2) is 14.5. The van der Waals surface area contributed by atoms with Crippen LogP contribution in [0.15, 0.2) is 12.1 Å². The van der Waals surface area contributed by atoms with Crippen molar-refractivity contribution in [1.29, 1.82) is 0 Å². The summed E-state index contributed by atoms with van der Waals surface area (Å²) in [7, 11) is 2.97. The first-order chi connectivity index (χ1) is 15.2. The van der Waals surface area contributed by atoms with E-state index < -0.39 is 5.60 Å². The Hall–Kier alpha value is -2.52. The number of nitrogens with one attached hydrogen (secondary N) is 1. The van der Waals surface area contributed by atoms with Crippen molar-refractivity contribution in [2.24, 2.45) is 0 Å². The number of benzene rings is 1. The topological polar surface area (TPSA) is 102 Å². The third kappa shape index (κ3) is 10.7. The molecule has 32 heavy (non-hydrogen) atoms. The number of rotatable bonds is 15. The maximum Gasteiger partial charge on any atom is 0.306 e. The molecule has 1 aromatic rings. The van der Waals surface area contributed by atoms with Crippen LogP contribution in [0.1, 0.15) is 50.9 Å². The Morgan fingerprint density at radius 3 is 2.06 bits per heavy atom. The van der Waals surface area contributed by atoms with Gasteiger partial charge in [-0.05, 0) is 34.1 Å². The van der Waals surface area contributed by atoms with E-state index in [0.29, 0.717) is 75.2 Å². The van der Waals surface area contributed by atoms with E-state index in [2.05, 4.69) is 5.32 Å². The van der Waals surface area contributed by atoms with Crippen molar-refractivity contribution in [2.45, 2.75) is 46.1 Å². The van der Waals surface area contributed by atoms with Crippen molar-refractivity contribution in [3.63, 3.8) is 0 Å². The molecule has 0 spiro atoms. The normalized spacial score (nSPS) is 11.1. The van der Waals surface area contributed by atoms with E-state index in [4.69, 9.17) is 28.4 Å². The van der Waals surface area contributed by atoms with E-state index >= 15 is 0 Å². The summed E-state index contributed by atoms with van der Waals surface area (Å²) in [5, 5.41) is 2.79. The highest BCUT2D eigenvalue weighted by Gasteiger charge is 2.20. The Morgan fingerprint density at radius 2 is 1.53 bits per heavy atom. The molecule has 0 atom stereocenters. The minimum Gasteiger partial charge on any atom is -0.496 e. The fraction of sp³-hybridized carbons (Fsp3) is 0.652. The average Bonchev–Trinajstić information content (AvgIpc) is 2.73. The van der Waals surface area contributed by atoms with Gasteiger partial charge in [-0.25, -0.2) is 0 Å². The maximum atomic E-state index is 12.6. The van der Waals surface area contributed by atoms with Gasteiger partial charge in [-0.1, -0.05) is 0 Å². The van der Waals surface area contributed by atoms with Gasteiger partial charge < -0.3 is 33.7 Å². The molecule has 0 saturated heterocycles. The molecular formula is C23H37NO8. The van der Waals surface area contributed by atoms with Gasteiger partial charge in [0.25, 0.3) is 5.91 Å². The predicted molar refractivity (Wildman–Crippen MR) is 120 cm³/mol. The molecule has 182 valence electrons. The third-order valence-corrected chi connectivity index (χ3v) is 4.01. The van der Waals surface area contributed by atoms with Crippen molar-refractivity contribution in [3.05, 3.63) is 17.7 Å². The second-order valence-corrected chi connectivity index (χ2v) is 7.81. The number of carbonyl (C=O) groups is 2. The standard InChI is InChI=1S/C23H37NO8/c1-7-31-17-15-18(27-5)21(19(16-17)28-6)22(26)24-10-12-30-14-13-29-11-8-9-20(25)32-23(2,3)4/h15-16H,7-14H2,1-6H3,(H,24,26). The van der Waals surface area contributed by atoms with E-state index in [1.54, 1.807) is 12.1 Å². The van der Waals surface area contributed by atoms with E-state index in [0.717, 1.165) is 0 Å². The lowest BCUT2D eigenvalue weighted by Crippen LogP contribution is -2.28. The summed E-state index contributed by atoms with van der Waals surface area (Å²) in [6.45, 7) is 9.77. The molecule has 0 unspecified atom stereocenters. The molecule has 0 aliphatic rings. The van der Waals surface area contributed by atoms with Crippen molar-refractivity contribution in [3.8, 4) is 17.2 Å². The van der Waals surface area contributed by atoms with Crippen molar-refractivity contribution >= 4 is 11.9 Å². The highest BCUT2D eigenvalue weighted by Crippen LogP contribution is 2.34. The zero-order valence-corrected chi connectivity index (χ0v) is 20.1. The number of esters is 1. The fourth-order valence-electron chi connectivity index (χ4n) is 2.72. The highest BCUT2D eigenvalue weighted by molar-refractivity contribution is 6.00. The number of ether oxygens (including phenoxy) is 6. The van der Waals surface area contributed by atoms with E-state index in [-0.39, 0.29) is 11.9 Å². The van der Waals surface area contributed by atoms with Crippen LogP contribution in [0.3, 0.4) is 0 Å². The van der Waals surface area contributed by atoms with Gasteiger partial charge >= 0.3 is 5.97 Å². The molecule has 1 N–H and O–H groups in total. The van der Waals surface area contributed by atoms with Crippen LogP contribution in [0.5, 0.6) is 17.2 Å². The van der Waals surface area contributed by atoms with E-state index in [1.807, 2.05) is 27.7 Å². The minimum absolute atomic E-state index is 0.228. The first-order valence-electron chi connectivity index (χ1n) is 10.8. The Kier molecular flexibility index (Phi) is 12.5. The monoisotopic (exact) mass is 455 g/mol. The van der Waals surface area contributed by atoms with Crippen LogP contribution in [0.2, 0.25) is 0 Å². The van der Waals surface area contributed by atoms with Gasteiger partial charge in [0.2, 0.25) is 0 Å². The Balaban J connectivity index is 2.26. The molecule has 0 aromatic heterocycles. The van der Waals surface area contributed by atoms with E-state index in [9.17, 15) is 9.59 Å². The van der Waals surface area contributed by atoms with Gasteiger partial charge in [0.15, 0.2) is 0 Å². The Labute approximate surface area is 190 Å². The molecule has 0 aliphatic heterocycles. The summed E-state index contributed by atoms with van der Waals surface area (Å²) >= 11 is 0. The minimum atomic E-state index is -0.468. The van der Waals surface area contributed by atoms with Gasteiger partial charge in [0, 0.05) is 31.7 Å². The van der Waals surface area contributed by atoms with Crippen LogP contribution in [0.25, 0.3) is 0 Å². The molecule has 9 nitrogen and oxygen atoms in total. The van der Waals surface area contributed by atoms with Crippen LogP contribution in [0.4, 0.5) is 0 Å². The molecule has 1 rings (SSSR count). The molecule has 1 aromatic carbocycles. The summed E-state index contributed by atoms with van der Waals surface area (Å²) < 4.78 is 32.3. The van der Waals surface area contributed by atoms with Crippen molar-refractivity contribution in [1.82, 2.24) is 5.32 Å². The van der Waals surface area contributed by atoms with Gasteiger partial charge in [0.1, 0.15) is 28.4 Å². The zero-order chi connectivity index (χ0) is 24.0. The molecular weight excluding hydrogens is 418 g/mol. The summed E-state index contributed by atoms with van der Waals surface area (Å²) in [5.41, 5.74) is -0.170. The second-order valence-electron chi connectivity index (χ2n) is 7.81. The molecule has 0 heterocycles. The van der Waals surface area contributed by atoms with Crippen molar-refractivity contribution < 1.29 is 38.0 Å². The van der Waals surface area contributed by atoms with Gasteiger partial charge in [0.05, 0.1) is 40.6 Å². The summed E-state index contributed by atoms with van der Waals surface area (Å²) in [6.07, 6.45) is 0.916. The zero-order valence-electron chi connectivity index (χ0n) is 20.1. The smallest absolute Gasteiger partial charge is 0.306 e. The largest absolute Gasteiger partial charge is 0.496 e. The number of hydrogen-bond acceptors (Lipinski definition) is 8. The van der Waals surface area contributed by atoms with Crippen LogP contribution < -0.4 is 19.5 Å². The fourth-order valence-corrected chi connectivity index (χ4v) is 2.72.